The van der Waals surface area contributed by atoms with Gasteiger partial charge in [0.1, 0.15) is 6.61 Å². The summed E-state index contributed by atoms with van der Waals surface area (Å²) in [5.74, 6) is -0.450. The van der Waals surface area contributed by atoms with Crippen molar-refractivity contribution in [2.24, 2.45) is 0 Å². The van der Waals surface area contributed by atoms with Crippen LogP contribution in [0.4, 0.5) is 5.69 Å². The smallest absolute Gasteiger partial charge is 0.338 e. The summed E-state index contributed by atoms with van der Waals surface area (Å²) < 4.78 is 10.0. The van der Waals surface area contributed by atoms with E-state index in [-0.39, 0.29) is 23.0 Å². The zero-order valence-electron chi connectivity index (χ0n) is 11.1. The topological polar surface area (TPSA) is 90.7 Å². The predicted octanol–water partition coefficient (Wildman–Crippen LogP) is 1.51. The molecule has 1 fully saturated rings. The lowest BCUT2D eigenvalue weighted by molar-refractivity contribution is -0.385. The Morgan fingerprint density at radius 2 is 2.35 bits per heavy atom. The van der Waals surface area contributed by atoms with Crippen molar-refractivity contribution in [1.82, 2.24) is 5.32 Å². The third-order valence-electron chi connectivity index (χ3n) is 3.18. The van der Waals surface area contributed by atoms with Gasteiger partial charge in [-0.15, -0.1) is 0 Å². The number of nitro benzene ring substituents is 1. The minimum Gasteiger partial charge on any atom is -0.485 e. The van der Waals surface area contributed by atoms with Crippen LogP contribution in [0.25, 0.3) is 0 Å². The SMILES string of the molecule is COC(=O)c1ccc(OC[C@@H]2CCCN2)c([N+](=O)[O-])c1. The maximum atomic E-state index is 11.4. The van der Waals surface area contributed by atoms with Crippen molar-refractivity contribution >= 4 is 11.7 Å². The summed E-state index contributed by atoms with van der Waals surface area (Å²) in [5, 5.41) is 14.3. The maximum Gasteiger partial charge on any atom is 0.338 e. The summed E-state index contributed by atoms with van der Waals surface area (Å²) in [6.07, 6.45) is 2.07. The molecule has 0 aliphatic carbocycles. The number of nitrogens with one attached hydrogen (secondary N) is 1. The zero-order chi connectivity index (χ0) is 14.5. The molecule has 0 saturated carbocycles. The second kappa shape index (κ2) is 6.33. The third kappa shape index (κ3) is 3.24. The van der Waals surface area contributed by atoms with Crippen LogP contribution in [-0.4, -0.2) is 37.2 Å². The van der Waals surface area contributed by atoms with Gasteiger partial charge in [0.2, 0.25) is 0 Å². The zero-order valence-corrected chi connectivity index (χ0v) is 11.1. The Kier molecular flexibility index (Phi) is 4.52. The van der Waals surface area contributed by atoms with Gasteiger partial charge in [-0.2, -0.15) is 0 Å². The van der Waals surface area contributed by atoms with Gasteiger partial charge in [0, 0.05) is 12.1 Å². The molecule has 1 aliphatic heterocycles. The molecule has 20 heavy (non-hydrogen) atoms. The highest BCUT2D eigenvalue weighted by atomic mass is 16.6. The largest absolute Gasteiger partial charge is 0.485 e. The van der Waals surface area contributed by atoms with E-state index in [0.29, 0.717) is 6.61 Å². The van der Waals surface area contributed by atoms with Gasteiger partial charge < -0.3 is 14.8 Å². The second-order valence-corrected chi connectivity index (χ2v) is 4.54. The average molecular weight is 280 g/mol. The lowest BCUT2D eigenvalue weighted by Gasteiger charge is -2.12. The minimum absolute atomic E-state index is 0.130. The Morgan fingerprint density at radius 3 is 2.95 bits per heavy atom. The first-order valence-electron chi connectivity index (χ1n) is 6.34. The number of methoxy groups -OCH3 is 1. The van der Waals surface area contributed by atoms with E-state index in [0.717, 1.165) is 19.4 Å². The van der Waals surface area contributed by atoms with Crippen LogP contribution in [0.2, 0.25) is 0 Å². The quantitative estimate of drug-likeness (QED) is 0.499. The van der Waals surface area contributed by atoms with E-state index in [9.17, 15) is 14.9 Å². The molecule has 0 amide bonds. The number of benzene rings is 1. The van der Waals surface area contributed by atoms with Crippen LogP contribution >= 0.6 is 0 Å². The van der Waals surface area contributed by atoms with Crippen molar-refractivity contribution in [3.05, 3.63) is 33.9 Å². The number of carbonyl (C=O) groups is 1. The fourth-order valence-corrected chi connectivity index (χ4v) is 2.12. The van der Waals surface area contributed by atoms with E-state index in [4.69, 9.17) is 4.74 Å². The van der Waals surface area contributed by atoms with Gasteiger partial charge in [-0.3, -0.25) is 10.1 Å². The molecule has 7 nitrogen and oxygen atoms in total. The van der Waals surface area contributed by atoms with Gasteiger partial charge in [0.25, 0.3) is 0 Å². The molecular weight excluding hydrogens is 264 g/mol. The molecule has 1 N–H and O–H groups in total. The van der Waals surface area contributed by atoms with E-state index in [2.05, 4.69) is 10.1 Å². The maximum absolute atomic E-state index is 11.4. The molecule has 1 atom stereocenters. The van der Waals surface area contributed by atoms with Crippen LogP contribution < -0.4 is 10.1 Å². The Morgan fingerprint density at radius 1 is 1.55 bits per heavy atom. The fraction of sp³-hybridized carbons (Fsp3) is 0.462. The minimum atomic E-state index is -0.614. The van der Waals surface area contributed by atoms with Crippen LogP contribution in [0.5, 0.6) is 5.75 Å². The molecule has 1 aromatic carbocycles. The number of nitro groups is 1. The molecular formula is C13H16N2O5. The predicted molar refractivity (Wildman–Crippen MR) is 71.0 cm³/mol. The summed E-state index contributed by atoms with van der Waals surface area (Å²) >= 11 is 0. The average Bonchev–Trinajstić information content (AvgIpc) is 2.97. The van der Waals surface area contributed by atoms with Crippen molar-refractivity contribution in [2.45, 2.75) is 18.9 Å². The van der Waals surface area contributed by atoms with Crippen molar-refractivity contribution in [2.75, 3.05) is 20.3 Å². The number of ether oxygens (including phenoxy) is 2. The van der Waals surface area contributed by atoms with Crippen LogP contribution in [-0.2, 0) is 4.74 Å². The van der Waals surface area contributed by atoms with Crippen molar-refractivity contribution in [3.8, 4) is 5.75 Å². The monoisotopic (exact) mass is 280 g/mol. The van der Waals surface area contributed by atoms with E-state index >= 15 is 0 Å². The number of nitrogens with zero attached hydrogens (tertiary/aromatic N) is 1. The van der Waals surface area contributed by atoms with E-state index in [1.807, 2.05) is 0 Å². The van der Waals surface area contributed by atoms with Gasteiger partial charge in [-0.05, 0) is 31.5 Å². The van der Waals surface area contributed by atoms with E-state index in [1.165, 1.54) is 25.3 Å². The molecule has 1 saturated heterocycles. The number of hydrogen-bond donors (Lipinski definition) is 1. The van der Waals surface area contributed by atoms with Gasteiger partial charge in [0.15, 0.2) is 5.75 Å². The highest BCUT2D eigenvalue weighted by molar-refractivity contribution is 5.90. The highest BCUT2D eigenvalue weighted by Crippen LogP contribution is 2.28. The lowest BCUT2D eigenvalue weighted by atomic mass is 10.2. The molecule has 0 aromatic heterocycles. The first kappa shape index (κ1) is 14.3. The highest BCUT2D eigenvalue weighted by Gasteiger charge is 2.21. The van der Waals surface area contributed by atoms with Crippen molar-refractivity contribution in [3.63, 3.8) is 0 Å². The number of esters is 1. The summed E-state index contributed by atoms with van der Waals surface area (Å²) in [4.78, 5) is 21.8. The third-order valence-corrected chi connectivity index (χ3v) is 3.18. The summed E-state index contributed by atoms with van der Waals surface area (Å²) in [6.45, 7) is 1.32. The molecule has 7 heteroatoms. The molecule has 1 aromatic rings. The fourth-order valence-electron chi connectivity index (χ4n) is 2.12. The normalized spacial score (nSPS) is 17.8. The standard InChI is InChI=1S/C13H16N2O5/c1-19-13(16)9-4-5-12(11(7-9)15(17)18)20-8-10-3-2-6-14-10/h4-5,7,10,14H,2-3,6,8H2,1H3/t10-/m0/s1. The molecule has 0 bridgehead atoms. The molecule has 2 rings (SSSR count). The molecule has 108 valence electrons. The summed E-state index contributed by atoms with van der Waals surface area (Å²) in [6, 6.07) is 4.27. The van der Waals surface area contributed by atoms with Crippen LogP contribution in [0.3, 0.4) is 0 Å². The summed E-state index contributed by atoms with van der Waals surface area (Å²) in [7, 11) is 1.23. The Hall–Kier alpha value is -2.15. The Balaban J connectivity index is 2.14. The van der Waals surface area contributed by atoms with Crippen LogP contribution in [0.15, 0.2) is 18.2 Å². The van der Waals surface area contributed by atoms with E-state index < -0.39 is 10.9 Å². The Labute approximate surface area is 116 Å². The first-order valence-corrected chi connectivity index (χ1v) is 6.34. The summed E-state index contributed by atoms with van der Waals surface area (Å²) in [5.41, 5.74) is -0.101. The number of carbonyl (C=O) groups excluding carboxylic acids is 1. The second-order valence-electron chi connectivity index (χ2n) is 4.54. The lowest BCUT2D eigenvalue weighted by Crippen LogP contribution is -2.28. The van der Waals surface area contributed by atoms with Crippen molar-refractivity contribution in [1.29, 1.82) is 0 Å². The number of hydrogen-bond acceptors (Lipinski definition) is 6. The first-order chi connectivity index (χ1) is 9.61. The molecule has 0 spiro atoms. The van der Waals surface area contributed by atoms with E-state index in [1.54, 1.807) is 0 Å². The Bertz CT molecular complexity index is 511. The molecule has 0 unspecified atom stereocenters. The van der Waals surface area contributed by atoms with Gasteiger partial charge in [0.05, 0.1) is 17.6 Å². The molecule has 1 aliphatic rings. The van der Waals surface area contributed by atoms with Gasteiger partial charge in [-0.25, -0.2) is 4.79 Å². The van der Waals surface area contributed by atoms with Crippen molar-refractivity contribution < 1.29 is 19.2 Å². The van der Waals surface area contributed by atoms with Gasteiger partial charge in [-0.1, -0.05) is 0 Å². The van der Waals surface area contributed by atoms with Crippen LogP contribution in [0.1, 0.15) is 23.2 Å². The van der Waals surface area contributed by atoms with Gasteiger partial charge >= 0.3 is 11.7 Å². The number of rotatable bonds is 5. The molecule has 0 radical (unpaired) electrons. The van der Waals surface area contributed by atoms with Crippen LogP contribution in [0, 0.1) is 10.1 Å². The molecule has 1 heterocycles.